The Bertz CT molecular complexity index is 828. The van der Waals surface area contributed by atoms with Crippen molar-refractivity contribution >= 4 is 17.7 Å². The number of nitrogens with zero attached hydrogens (tertiary/aromatic N) is 1. The lowest BCUT2D eigenvalue weighted by molar-refractivity contribution is -0.146. The number of halogens is 2. The molecule has 7 nitrogen and oxygen atoms in total. The molecular formula is C24H35F2N3O4. The van der Waals surface area contributed by atoms with Gasteiger partial charge in [-0.15, -0.1) is 0 Å². The van der Waals surface area contributed by atoms with E-state index in [2.05, 4.69) is 21.7 Å². The van der Waals surface area contributed by atoms with Gasteiger partial charge < -0.3 is 20.5 Å². The van der Waals surface area contributed by atoms with Gasteiger partial charge in [-0.05, 0) is 63.0 Å². The van der Waals surface area contributed by atoms with Crippen LogP contribution in [-0.4, -0.2) is 53.7 Å². The lowest BCUT2D eigenvalue weighted by Gasteiger charge is -2.33. The number of aryl methyl sites for hydroxylation is 2. The molecule has 1 fully saturated rings. The zero-order valence-corrected chi connectivity index (χ0v) is 19.3. The molecule has 1 aromatic heterocycles. The van der Waals surface area contributed by atoms with Crippen LogP contribution in [0.25, 0.3) is 0 Å². The molecule has 184 valence electrons. The number of hydrogen-bond donors (Lipinski definition) is 3. The number of unbranched alkanes of at least 4 members (excludes halogenated alkanes) is 1. The number of aromatic nitrogens is 1. The zero-order valence-electron chi connectivity index (χ0n) is 19.3. The minimum Gasteiger partial charge on any atom is -0.480 e. The third kappa shape index (κ3) is 7.35. The standard InChI is InChI=1S/C24H35F2N3O4/c1-23(12-15-33-16-13-23)22(32)29-19(21(30)31)9-11-24(25,26)10-3-2-6-18-8-7-17-5-4-14-27-20(17)28-18/h7-8,19H,2-6,9-16H2,1H3,(H,27,28)(H,29,32)(H,30,31)/t19-/m0/s1. The molecule has 0 saturated carbocycles. The summed E-state index contributed by atoms with van der Waals surface area (Å²) in [7, 11) is 0. The number of nitrogens with one attached hydrogen (secondary N) is 2. The first kappa shape index (κ1) is 25.3. The maximum Gasteiger partial charge on any atom is 0.326 e. The molecule has 3 heterocycles. The van der Waals surface area contributed by atoms with Crippen molar-refractivity contribution in [3.8, 4) is 0 Å². The Balaban J connectivity index is 1.42. The van der Waals surface area contributed by atoms with Gasteiger partial charge in [0.15, 0.2) is 0 Å². The number of alkyl halides is 2. The van der Waals surface area contributed by atoms with Crippen LogP contribution >= 0.6 is 0 Å². The molecule has 0 spiro atoms. The highest BCUT2D eigenvalue weighted by Gasteiger charge is 2.38. The lowest BCUT2D eigenvalue weighted by atomic mass is 9.81. The Kier molecular flexibility index (Phi) is 8.62. The smallest absolute Gasteiger partial charge is 0.326 e. The topological polar surface area (TPSA) is 101 Å². The van der Waals surface area contributed by atoms with Crippen LogP contribution < -0.4 is 10.6 Å². The van der Waals surface area contributed by atoms with Crippen molar-refractivity contribution in [2.45, 2.75) is 83.1 Å². The third-order valence-electron chi connectivity index (χ3n) is 6.72. The predicted octanol–water partition coefficient (Wildman–Crippen LogP) is 3.95. The summed E-state index contributed by atoms with van der Waals surface area (Å²) in [4.78, 5) is 28.7. The molecule has 1 saturated heterocycles. The first-order valence-corrected chi connectivity index (χ1v) is 11.9. The first-order chi connectivity index (χ1) is 15.7. The van der Waals surface area contributed by atoms with Crippen LogP contribution in [0.4, 0.5) is 14.6 Å². The highest BCUT2D eigenvalue weighted by Crippen LogP contribution is 2.31. The molecule has 1 amide bonds. The van der Waals surface area contributed by atoms with E-state index in [9.17, 15) is 23.5 Å². The number of pyridine rings is 1. The van der Waals surface area contributed by atoms with Gasteiger partial charge in [-0.25, -0.2) is 18.6 Å². The summed E-state index contributed by atoms with van der Waals surface area (Å²) in [5.74, 6) is -3.78. The van der Waals surface area contributed by atoms with Crippen LogP contribution in [0.3, 0.4) is 0 Å². The van der Waals surface area contributed by atoms with Crippen molar-refractivity contribution in [1.82, 2.24) is 10.3 Å². The van der Waals surface area contributed by atoms with Gasteiger partial charge in [0.2, 0.25) is 11.8 Å². The van der Waals surface area contributed by atoms with E-state index in [-0.39, 0.29) is 12.8 Å². The summed E-state index contributed by atoms with van der Waals surface area (Å²) in [6, 6.07) is 2.69. The van der Waals surface area contributed by atoms with E-state index in [0.717, 1.165) is 30.9 Å². The van der Waals surface area contributed by atoms with Crippen molar-refractivity contribution in [3.63, 3.8) is 0 Å². The van der Waals surface area contributed by atoms with Crippen LogP contribution in [0.2, 0.25) is 0 Å². The average Bonchev–Trinajstić information content (AvgIpc) is 2.79. The van der Waals surface area contributed by atoms with Gasteiger partial charge in [-0.1, -0.05) is 13.0 Å². The van der Waals surface area contributed by atoms with Gasteiger partial charge >= 0.3 is 5.97 Å². The highest BCUT2D eigenvalue weighted by molar-refractivity contribution is 5.87. The molecule has 1 aromatic rings. The van der Waals surface area contributed by atoms with E-state index < -0.39 is 35.7 Å². The predicted molar refractivity (Wildman–Crippen MR) is 121 cm³/mol. The Labute approximate surface area is 193 Å². The zero-order chi connectivity index (χ0) is 23.9. The van der Waals surface area contributed by atoms with Crippen LogP contribution in [0.15, 0.2) is 12.1 Å². The van der Waals surface area contributed by atoms with Crippen molar-refractivity contribution in [1.29, 1.82) is 0 Å². The number of carboxylic acid groups (broad SMARTS) is 1. The SMILES string of the molecule is CC1(C(=O)N[C@@H](CCC(F)(F)CCCCc2ccc3c(n2)NCCC3)C(=O)O)CCOCC1. The molecule has 33 heavy (non-hydrogen) atoms. The Morgan fingerprint density at radius 1 is 1.27 bits per heavy atom. The maximum absolute atomic E-state index is 14.4. The van der Waals surface area contributed by atoms with Crippen LogP contribution in [-0.2, 0) is 27.2 Å². The summed E-state index contributed by atoms with van der Waals surface area (Å²) in [5.41, 5.74) is 1.36. The fourth-order valence-corrected chi connectivity index (χ4v) is 4.32. The van der Waals surface area contributed by atoms with Crippen molar-refractivity contribution in [2.24, 2.45) is 5.41 Å². The van der Waals surface area contributed by atoms with E-state index >= 15 is 0 Å². The Morgan fingerprint density at radius 3 is 2.76 bits per heavy atom. The molecule has 0 bridgehead atoms. The normalized spacial score (nSPS) is 18.6. The van der Waals surface area contributed by atoms with Gasteiger partial charge in [-0.3, -0.25) is 4.79 Å². The van der Waals surface area contributed by atoms with E-state index in [0.29, 0.717) is 45.3 Å². The monoisotopic (exact) mass is 467 g/mol. The number of carboxylic acids is 1. The van der Waals surface area contributed by atoms with E-state index in [1.807, 2.05) is 6.07 Å². The molecule has 3 rings (SSSR count). The second kappa shape index (κ2) is 11.2. The molecule has 3 N–H and O–H groups in total. The third-order valence-corrected chi connectivity index (χ3v) is 6.72. The minimum absolute atomic E-state index is 0.307. The minimum atomic E-state index is -2.98. The van der Waals surface area contributed by atoms with Crippen molar-refractivity contribution in [2.75, 3.05) is 25.1 Å². The highest BCUT2D eigenvalue weighted by atomic mass is 19.3. The summed E-state index contributed by atoms with van der Waals surface area (Å²) in [6.45, 7) is 3.52. The lowest BCUT2D eigenvalue weighted by Crippen LogP contribution is -2.49. The van der Waals surface area contributed by atoms with E-state index in [4.69, 9.17) is 4.74 Å². The summed E-state index contributed by atoms with van der Waals surface area (Å²) in [5, 5.41) is 15.2. The molecule has 0 radical (unpaired) electrons. The largest absolute Gasteiger partial charge is 0.480 e. The molecule has 9 heteroatoms. The van der Waals surface area contributed by atoms with Crippen LogP contribution in [0, 0.1) is 5.41 Å². The van der Waals surface area contributed by atoms with Gasteiger partial charge in [0.1, 0.15) is 11.9 Å². The molecule has 0 unspecified atom stereocenters. The fraction of sp³-hybridized carbons (Fsp3) is 0.708. The second-order valence-electron chi connectivity index (χ2n) is 9.48. The number of anilines is 1. The summed E-state index contributed by atoms with van der Waals surface area (Å²) < 4.78 is 34.1. The Morgan fingerprint density at radius 2 is 2.03 bits per heavy atom. The fourth-order valence-electron chi connectivity index (χ4n) is 4.32. The quantitative estimate of drug-likeness (QED) is 0.426. The summed E-state index contributed by atoms with van der Waals surface area (Å²) >= 11 is 0. The van der Waals surface area contributed by atoms with Crippen LogP contribution in [0.1, 0.15) is 69.5 Å². The second-order valence-corrected chi connectivity index (χ2v) is 9.48. The number of amides is 1. The van der Waals surface area contributed by atoms with Gasteiger partial charge in [0.05, 0.1) is 5.41 Å². The number of fused-ring (bicyclic) bond motifs is 1. The van der Waals surface area contributed by atoms with E-state index in [1.165, 1.54) is 5.56 Å². The maximum atomic E-state index is 14.4. The van der Waals surface area contributed by atoms with Crippen molar-refractivity contribution in [3.05, 3.63) is 23.4 Å². The van der Waals surface area contributed by atoms with Gasteiger partial charge in [0.25, 0.3) is 0 Å². The Hall–Kier alpha value is -2.29. The number of rotatable bonds is 11. The van der Waals surface area contributed by atoms with E-state index in [1.54, 1.807) is 6.92 Å². The van der Waals surface area contributed by atoms with Crippen molar-refractivity contribution < 1.29 is 28.2 Å². The number of ether oxygens (including phenoxy) is 1. The molecular weight excluding hydrogens is 432 g/mol. The van der Waals surface area contributed by atoms with Crippen LogP contribution in [0.5, 0.6) is 0 Å². The average molecular weight is 468 g/mol. The number of carbonyl (C=O) groups excluding carboxylic acids is 1. The molecule has 1 atom stereocenters. The van der Waals surface area contributed by atoms with Gasteiger partial charge in [-0.2, -0.15) is 0 Å². The van der Waals surface area contributed by atoms with Gasteiger partial charge in [0, 0.05) is 38.3 Å². The number of aliphatic carboxylic acids is 1. The summed E-state index contributed by atoms with van der Waals surface area (Å²) in [6.07, 6.45) is 3.39. The molecule has 0 aliphatic carbocycles. The first-order valence-electron chi connectivity index (χ1n) is 11.9. The molecule has 2 aliphatic rings. The number of carbonyl (C=O) groups is 2. The number of hydrogen-bond acceptors (Lipinski definition) is 5. The molecule has 0 aromatic carbocycles. The molecule has 2 aliphatic heterocycles.